The van der Waals surface area contributed by atoms with Crippen LogP contribution in [0.1, 0.15) is 32.8 Å². The van der Waals surface area contributed by atoms with Gasteiger partial charge in [0.15, 0.2) is 6.61 Å². The van der Waals surface area contributed by atoms with Gasteiger partial charge < -0.3 is 24.4 Å². The van der Waals surface area contributed by atoms with E-state index >= 15 is 0 Å². The molecule has 2 aromatic rings. The average molecular weight is 562 g/mol. The Balaban J connectivity index is 1.67. The maximum Gasteiger partial charge on any atom is 0.261 e. The van der Waals surface area contributed by atoms with Crippen LogP contribution in [0.4, 0.5) is 0 Å². The highest BCUT2D eigenvalue weighted by molar-refractivity contribution is 7.89. The third-order valence-electron chi connectivity index (χ3n) is 6.49. The summed E-state index contributed by atoms with van der Waals surface area (Å²) in [7, 11) is -2.05. The number of amides is 2. The van der Waals surface area contributed by atoms with E-state index in [-0.39, 0.29) is 29.9 Å². The molecular weight excluding hydrogens is 522 g/mol. The number of methoxy groups -OCH3 is 1. The molecule has 0 aliphatic carbocycles. The Morgan fingerprint density at radius 3 is 2.21 bits per heavy atom. The zero-order valence-electron chi connectivity index (χ0n) is 23.1. The first-order valence-electron chi connectivity index (χ1n) is 13.1. The minimum Gasteiger partial charge on any atom is -0.497 e. The number of rotatable bonds is 13. The van der Waals surface area contributed by atoms with Gasteiger partial charge in [0.2, 0.25) is 15.9 Å². The van der Waals surface area contributed by atoms with E-state index in [0.717, 1.165) is 12.0 Å². The maximum absolute atomic E-state index is 13.3. The van der Waals surface area contributed by atoms with E-state index in [4.69, 9.17) is 14.2 Å². The standard InChI is InChI=1S/C28H39N3O7S/c1-21(2)13-14-29-28(33)22(3)31(19-23-5-7-24(36-4)8-6-23)27(32)20-38-25-9-11-26(12-10-25)39(34,35)30-15-17-37-18-16-30/h5-12,21-22H,13-20H2,1-4H3,(H,29,33)/t22-/m1/s1. The minimum atomic E-state index is -3.63. The van der Waals surface area contributed by atoms with Crippen LogP contribution in [0.3, 0.4) is 0 Å². The summed E-state index contributed by atoms with van der Waals surface area (Å²) in [6.45, 7) is 7.63. The van der Waals surface area contributed by atoms with Crippen LogP contribution in [0.5, 0.6) is 11.5 Å². The van der Waals surface area contributed by atoms with E-state index in [1.165, 1.54) is 33.5 Å². The lowest BCUT2D eigenvalue weighted by Crippen LogP contribution is -2.49. The summed E-state index contributed by atoms with van der Waals surface area (Å²) in [5.74, 6) is 0.875. The highest BCUT2D eigenvalue weighted by Gasteiger charge is 2.28. The van der Waals surface area contributed by atoms with E-state index in [1.807, 2.05) is 12.1 Å². The van der Waals surface area contributed by atoms with Crippen molar-refractivity contribution in [2.75, 3.05) is 46.6 Å². The number of ether oxygens (including phenoxy) is 3. The summed E-state index contributed by atoms with van der Waals surface area (Å²) in [6.07, 6.45) is 0.839. The molecule has 214 valence electrons. The lowest BCUT2D eigenvalue weighted by Gasteiger charge is -2.29. The summed E-state index contributed by atoms with van der Waals surface area (Å²) < 4.78 is 43.2. The van der Waals surface area contributed by atoms with E-state index in [9.17, 15) is 18.0 Å². The molecule has 0 unspecified atom stereocenters. The van der Waals surface area contributed by atoms with Crippen LogP contribution in [0.15, 0.2) is 53.4 Å². The summed E-state index contributed by atoms with van der Waals surface area (Å²) >= 11 is 0. The van der Waals surface area contributed by atoms with Crippen LogP contribution in [0, 0.1) is 5.92 Å². The van der Waals surface area contributed by atoms with Crippen molar-refractivity contribution in [3.8, 4) is 11.5 Å². The predicted molar refractivity (Wildman–Crippen MR) is 147 cm³/mol. The number of carbonyl (C=O) groups is 2. The second-order valence-corrected chi connectivity index (χ2v) is 11.7. The summed E-state index contributed by atoms with van der Waals surface area (Å²) in [5.41, 5.74) is 0.837. The highest BCUT2D eigenvalue weighted by atomic mass is 32.2. The first-order chi connectivity index (χ1) is 18.6. The molecule has 10 nitrogen and oxygen atoms in total. The van der Waals surface area contributed by atoms with Crippen molar-refractivity contribution in [3.05, 3.63) is 54.1 Å². The Kier molecular flexibility index (Phi) is 11.1. The average Bonchev–Trinajstić information content (AvgIpc) is 2.95. The van der Waals surface area contributed by atoms with Gasteiger partial charge in [0.05, 0.1) is 25.2 Å². The van der Waals surface area contributed by atoms with E-state index in [2.05, 4.69) is 19.2 Å². The molecule has 1 N–H and O–H groups in total. The molecule has 3 rings (SSSR count). The van der Waals surface area contributed by atoms with Gasteiger partial charge >= 0.3 is 0 Å². The van der Waals surface area contributed by atoms with Crippen molar-refractivity contribution in [3.63, 3.8) is 0 Å². The summed E-state index contributed by atoms with van der Waals surface area (Å²) in [5, 5.41) is 2.91. The number of hydrogen-bond donors (Lipinski definition) is 1. The zero-order chi connectivity index (χ0) is 28.4. The first kappa shape index (κ1) is 30.4. The minimum absolute atomic E-state index is 0.149. The Hall–Kier alpha value is -3.15. The molecule has 11 heteroatoms. The Labute approximate surface area is 231 Å². The second-order valence-electron chi connectivity index (χ2n) is 9.80. The molecule has 1 aliphatic heterocycles. The molecular formula is C28H39N3O7S. The molecule has 1 fully saturated rings. The van der Waals surface area contributed by atoms with Crippen molar-refractivity contribution < 1.29 is 32.2 Å². The summed E-state index contributed by atoms with van der Waals surface area (Å²) in [6, 6.07) is 12.5. The molecule has 39 heavy (non-hydrogen) atoms. The van der Waals surface area contributed by atoms with Gasteiger partial charge in [0.25, 0.3) is 5.91 Å². The lowest BCUT2D eigenvalue weighted by atomic mass is 10.1. The molecule has 0 aromatic heterocycles. The largest absolute Gasteiger partial charge is 0.497 e. The smallest absolute Gasteiger partial charge is 0.261 e. The Morgan fingerprint density at radius 1 is 1.00 bits per heavy atom. The second kappa shape index (κ2) is 14.3. The normalized spacial score (nSPS) is 15.0. The van der Waals surface area contributed by atoms with E-state index in [1.54, 1.807) is 26.2 Å². The molecule has 1 saturated heterocycles. The van der Waals surface area contributed by atoms with Crippen LogP contribution >= 0.6 is 0 Å². The Bertz CT molecular complexity index is 1180. The molecule has 2 aromatic carbocycles. The molecule has 1 aliphatic rings. The molecule has 0 bridgehead atoms. The number of morpholine rings is 1. The van der Waals surface area contributed by atoms with Gasteiger partial charge in [-0.25, -0.2) is 8.42 Å². The number of nitrogens with zero attached hydrogens (tertiary/aromatic N) is 2. The molecule has 1 atom stereocenters. The topological polar surface area (TPSA) is 114 Å². The first-order valence-corrected chi connectivity index (χ1v) is 14.6. The van der Waals surface area contributed by atoms with Crippen LogP contribution in [0.25, 0.3) is 0 Å². The van der Waals surface area contributed by atoms with Gasteiger partial charge in [-0.2, -0.15) is 4.31 Å². The SMILES string of the molecule is COc1ccc(CN(C(=O)COc2ccc(S(=O)(=O)N3CCOCC3)cc2)[C@H](C)C(=O)NCCC(C)C)cc1. The number of sulfonamides is 1. The zero-order valence-corrected chi connectivity index (χ0v) is 23.9. The van der Waals surface area contributed by atoms with Gasteiger partial charge in [-0.15, -0.1) is 0 Å². The van der Waals surface area contributed by atoms with Gasteiger partial charge in [-0.1, -0.05) is 26.0 Å². The van der Waals surface area contributed by atoms with E-state index < -0.39 is 16.1 Å². The third kappa shape index (κ3) is 8.67. The van der Waals surface area contributed by atoms with Crippen LogP contribution in [0.2, 0.25) is 0 Å². The molecule has 2 amide bonds. The van der Waals surface area contributed by atoms with Gasteiger partial charge in [0.1, 0.15) is 17.5 Å². The Morgan fingerprint density at radius 2 is 1.62 bits per heavy atom. The number of benzene rings is 2. The van der Waals surface area contributed by atoms with Crippen molar-refractivity contribution in [2.45, 2.75) is 44.7 Å². The molecule has 1 heterocycles. The molecule has 0 radical (unpaired) electrons. The third-order valence-corrected chi connectivity index (χ3v) is 8.41. The fraction of sp³-hybridized carbons (Fsp3) is 0.500. The summed E-state index contributed by atoms with van der Waals surface area (Å²) in [4.78, 5) is 27.8. The quantitative estimate of drug-likeness (QED) is 0.400. The number of carbonyl (C=O) groups excluding carboxylic acids is 2. The molecule has 0 saturated carbocycles. The maximum atomic E-state index is 13.3. The molecule has 0 spiro atoms. The van der Waals surface area contributed by atoms with Gasteiger partial charge in [0, 0.05) is 26.2 Å². The lowest BCUT2D eigenvalue weighted by molar-refractivity contribution is -0.142. The van der Waals surface area contributed by atoms with Crippen molar-refractivity contribution >= 4 is 21.8 Å². The van der Waals surface area contributed by atoms with Crippen molar-refractivity contribution in [2.24, 2.45) is 5.92 Å². The number of hydrogen-bond acceptors (Lipinski definition) is 7. The fourth-order valence-electron chi connectivity index (χ4n) is 4.01. The van der Waals surface area contributed by atoms with Crippen molar-refractivity contribution in [1.82, 2.24) is 14.5 Å². The van der Waals surface area contributed by atoms with E-state index in [0.29, 0.717) is 50.3 Å². The van der Waals surface area contributed by atoms with Crippen molar-refractivity contribution in [1.29, 1.82) is 0 Å². The van der Waals surface area contributed by atoms with Crippen LogP contribution < -0.4 is 14.8 Å². The van der Waals surface area contributed by atoms with Gasteiger partial charge in [-0.3, -0.25) is 9.59 Å². The fourth-order valence-corrected chi connectivity index (χ4v) is 5.42. The highest BCUT2D eigenvalue weighted by Crippen LogP contribution is 2.21. The van der Waals surface area contributed by atoms with Crippen LogP contribution in [-0.4, -0.2) is 82.0 Å². The monoisotopic (exact) mass is 561 g/mol. The van der Waals surface area contributed by atoms with Gasteiger partial charge in [-0.05, 0) is 61.2 Å². The predicted octanol–water partition coefficient (Wildman–Crippen LogP) is 2.67. The number of nitrogens with one attached hydrogen (secondary N) is 1. The van der Waals surface area contributed by atoms with Crippen LogP contribution in [-0.2, 0) is 30.9 Å².